The fraction of sp³-hybridized carbons (Fsp3) is 0.500. The summed E-state index contributed by atoms with van der Waals surface area (Å²) >= 11 is 0. The van der Waals surface area contributed by atoms with Gasteiger partial charge in [-0.1, -0.05) is 18.2 Å². The maximum atomic E-state index is 13.9. The molecule has 0 spiro atoms. The zero-order chi connectivity index (χ0) is 10.9. The van der Waals surface area contributed by atoms with Gasteiger partial charge in [-0.2, -0.15) is 0 Å². The van der Waals surface area contributed by atoms with Crippen molar-refractivity contribution in [2.75, 3.05) is 13.2 Å². The second kappa shape index (κ2) is 3.91. The van der Waals surface area contributed by atoms with Gasteiger partial charge in [0.1, 0.15) is 5.82 Å². The Balaban J connectivity index is 2.39. The lowest BCUT2D eigenvalue weighted by Gasteiger charge is -2.34. The molecule has 2 nitrogen and oxygen atoms in total. The number of ether oxygens (including phenoxy) is 1. The normalized spacial score (nSPS) is 20.2. The van der Waals surface area contributed by atoms with Gasteiger partial charge < -0.3 is 10.5 Å². The van der Waals surface area contributed by atoms with E-state index in [1.165, 1.54) is 0 Å². The van der Waals surface area contributed by atoms with Crippen molar-refractivity contribution in [2.24, 2.45) is 5.73 Å². The van der Waals surface area contributed by atoms with Gasteiger partial charge in [0.05, 0.1) is 0 Å². The van der Waals surface area contributed by atoms with E-state index in [9.17, 15) is 4.39 Å². The van der Waals surface area contributed by atoms with Gasteiger partial charge in [0.2, 0.25) is 0 Å². The first kappa shape index (κ1) is 10.6. The van der Waals surface area contributed by atoms with Gasteiger partial charge in [0.15, 0.2) is 0 Å². The number of hydrogen-bond donors (Lipinski definition) is 1. The van der Waals surface area contributed by atoms with Crippen LogP contribution in [0.15, 0.2) is 18.2 Å². The lowest BCUT2D eigenvalue weighted by Crippen LogP contribution is -2.43. The van der Waals surface area contributed by atoms with Gasteiger partial charge in [-0.3, -0.25) is 0 Å². The van der Waals surface area contributed by atoms with E-state index in [1.807, 2.05) is 6.07 Å². The Hall–Kier alpha value is -0.930. The van der Waals surface area contributed by atoms with Crippen LogP contribution in [0, 0.1) is 12.7 Å². The zero-order valence-electron chi connectivity index (χ0n) is 8.92. The standard InChI is InChI=1S/C12H16FNO/c1-9-3-2-4-10(11(9)13)12(14)5-7-15-8-6-12/h2-4H,5-8,14H2,1H3. The van der Waals surface area contributed by atoms with Crippen molar-refractivity contribution in [3.05, 3.63) is 35.1 Å². The molecule has 1 aromatic carbocycles. The highest BCUT2D eigenvalue weighted by molar-refractivity contribution is 5.31. The van der Waals surface area contributed by atoms with Crippen LogP contribution < -0.4 is 5.73 Å². The van der Waals surface area contributed by atoms with Crippen LogP contribution in [0.25, 0.3) is 0 Å². The smallest absolute Gasteiger partial charge is 0.131 e. The molecule has 82 valence electrons. The van der Waals surface area contributed by atoms with E-state index in [-0.39, 0.29) is 5.82 Å². The molecule has 2 N–H and O–H groups in total. The number of halogens is 1. The van der Waals surface area contributed by atoms with Crippen molar-refractivity contribution < 1.29 is 9.13 Å². The van der Waals surface area contributed by atoms with Crippen LogP contribution in [0.5, 0.6) is 0 Å². The van der Waals surface area contributed by atoms with Gasteiger partial charge >= 0.3 is 0 Å². The largest absolute Gasteiger partial charge is 0.381 e. The highest BCUT2D eigenvalue weighted by atomic mass is 19.1. The molecule has 0 atom stereocenters. The summed E-state index contributed by atoms with van der Waals surface area (Å²) in [7, 11) is 0. The Morgan fingerprint density at radius 1 is 1.33 bits per heavy atom. The van der Waals surface area contributed by atoms with Crippen LogP contribution in [0.1, 0.15) is 24.0 Å². The molecule has 1 aliphatic rings. The molecular formula is C12H16FNO. The Kier molecular flexibility index (Phi) is 2.76. The van der Waals surface area contributed by atoms with Crippen molar-refractivity contribution >= 4 is 0 Å². The minimum Gasteiger partial charge on any atom is -0.381 e. The number of hydrogen-bond acceptors (Lipinski definition) is 2. The molecule has 3 heteroatoms. The van der Waals surface area contributed by atoms with Gasteiger partial charge in [0, 0.05) is 24.3 Å². The Bertz CT molecular complexity index is 359. The summed E-state index contributed by atoms with van der Waals surface area (Å²) in [6.45, 7) is 3.00. The molecule has 1 heterocycles. The quantitative estimate of drug-likeness (QED) is 0.768. The topological polar surface area (TPSA) is 35.2 Å². The maximum absolute atomic E-state index is 13.9. The van der Waals surface area contributed by atoms with Crippen LogP contribution in [-0.2, 0) is 10.3 Å². The lowest BCUT2D eigenvalue weighted by atomic mass is 9.83. The molecule has 0 saturated carbocycles. The molecule has 0 aliphatic carbocycles. The minimum atomic E-state index is -0.547. The summed E-state index contributed by atoms with van der Waals surface area (Å²) in [5, 5.41) is 0. The molecule has 1 aromatic rings. The third-order valence-electron chi connectivity index (χ3n) is 3.11. The first-order chi connectivity index (χ1) is 7.13. The molecular weight excluding hydrogens is 193 g/mol. The van der Waals surface area contributed by atoms with Crippen LogP contribution in [-0.4, -0.2) is 13.2 Å². The second-order valence-electron chi connectivity index (χ2n) is 4.20. The number of rotatable bonds is 1. The Morgan fingerprint density at radius 3 is 2.67 bits per heavy atom. The van der Waals surface area contributed by atoms with Gasteiger partial charge in [0.25, 0.3) is 0 Å². The molecule has 2 rings (SSSR count). The molecule has 0 bridgehead atoms. The summed E-state index contributed by atoms with van der Waals surface area (Å²) in [6.07, 6.45) is 1.38. The molecule has 1 fully saturated rings. The second-order valence-corrected chi connectivity index (χ2v) is 4.20. The van der Waals surface area contributed by atoms with E-state index in [4.69, 9.17) is 10.5 Å². The fourth-order valence-corrected chi connectivity index (χ4v) is 2.04. The third-order valence-corrected chi connectivity index (χ3v) is 3.11. The number of aryl methyl sites for hydroxylation is 1. The van der Waals surface area contributed by atoms with E-state index in [2.05, 4.69) is 0 Å². The summed E-state index contributed by atoms with van der Waals surface area (Å²) in [5.41, 5.74) is 6.97. The third kappa shape index (κ3) is 1.90. The summed E-state index contributed by atoms with van der Waals surface area (Å²) in [6, 6.07) is 5.41. The zero-order valence-corrected chi connectivity index (χ0v) is 8.92. The summed E-state index contributed by atoms with van der Waals surface area (Å²) < 4.78 is 19.2. The first-order valence-corrected chi connectivity index (χ1v) is 5.26. The van der Waals surface area contributed by atoms with E-state index < -0.39 is 5.54 Å². The van der Waals surface area contributed by atoms with Crippen LogP contribution in [0.2, 0.25) is 0 Å². The highest BCUT2D eigenvalue weighted by Gasteiger charge is 2.32. The number of benzene rings is 1. The van der Waals surface area contributed by atoms with Crippen molar-refractivity contribution in [1.82, 2.24) is 0 Å². The molecule has 0 amide bonds. The van der Waals surface area contributed by atoms with Crippen molar-refractivity contribution in [3.8, 4) is 0 Å². The van der Waals surface area contributed by atoms with E-state index >= 15 is 0 Å². The monoisotopic (exact) mass is 209 g/mol. The highest BCUT2D eigenvalue weighted by Crippen LogP contribution is 2.31. The van der Waals surface area contributed by atoms with E-state index in [0.29, 0.717) is 37.2 Å². The van der Waals surface area contributed by atoms with Crippen LogP contribution >= 0.6 is 0 Å². The van der Waals surface area contributed by atoms with Gasteiger partial charge in [-0.25, -0.2) is 4.39 Å². The Labute approximate surface area is 89.2 Å². The van der Waals surface area contributed by atoms with Crippen molar-refractivity contribution in [2.45, 2.75) is 25.3 Å². The average molecular weight is 209 g/mol. The average Bonchev–Trinajstić information content (AvgIpc) is 2.23. The van der Waals surface area contributed by atoms with Gasteiger partial charge in [-0.15, -0.1) is 0 Å². The molecule has 0 unspecified atom stereocenters. The molecule has 1 aliphatic heterocycles. The Morgan fingerprint density at radius 2 is 2.00 bits per heavy atom. The molecule has 15 heavy (non-hydrogen) atoms. The first-order valence-electron chi connectivity index (χ1n) is 5.26. The fourth-order valence-electron chi connectivity index (χ4n) is 2.04. The SMILES string of the molecule is Cc1cccc(C2(N)CCOCC2)c1F. The predicted molar refractivity (Wildman–Crippen MR) is 57.1 cm³/mol. The summed E-state index contributed by atoms with van der Waals surface area (Å²) in [5.74, 6) is -0.165. The van der Waals surface area contributed by atoms with Crippen LogP contribution in [0.4, 0.5) is 4.39 Å². The van der Waals surface area contributed by atoms with Crippen molar-refractivity contribution in [3.63, 3.8) is 0 Å². The summed E-state index contributed by atoms with van der Waals surface area (Å²) in [4.78, 5) is 0. The molecule has 0 aromatic heterocycles. The van der Waals surface area contributed by atoms with Gasteiger partial charge in [-0.05, 0) is 25.3 Å². The van der Waals surface area contributed by atoms with Crippen molar-refractivity contribution in [1.29, 1.82) is 0 Å². The maximum Gasteiger partial charge on any atom is 0.131 e. The van der Waals surface area contributed by atoms with E-state index in [1.54, 1.807) is 19.1 Å². The van der Waals surface area contributed by atoms with E-state index in [0.717, 1.165) is 0 Å². The number of nitrogens with two attached hydrogens (primary N) is 1. The molecule has 1 saturated heterocycles. The molecule has 0 radical (unpaired) electrons. The lowest BCUT2D eigenvalue weighted by molar-refractivity contribution is 0.0510. The minimum absolute atomic E-state index is 0.165. The predicted octanol–water partition coefficient (Wildman–Crippen LogP) is 2.10. The van der Waals surface area contributed by atoms with Crippen LogP contribution in [0.3, 0.4) is 0 Å².